The summed E-state index contributed by atoms with van der Waals surface area (Å²) >= 11 is 5.99. The number of benzene rings is 1. The molecular weight excluding hydrogens is 274 g/mol. The molecule has 4 aromatic rings. The van der Waals surface area contributed by atoms with Gasteiger partial charge in [-0.15, -0.1) is 0 Å². The van der Waals surface area contributed by atoms with Gasteiger partial charge in [0.15, 0.2) is 5.65 Å². The third kappa shape index (κ3) is 1.64. The van der Waals surface area contributed by atoms with Crippen molar-refractivity contribution in [2.24, 2.45) is 0 Å². The number of hydrogen-bond donors (Lipinski definition) is 1. The van der Waals surface area contributed by atoms with Crippen LogP contribution in [0.3, 0.4) is 0 Å². The third-order valence-corrected chi connectivity index (χ3v) is 3.34. The molecule has 0 saturated heterocycles. The molecule has 0 bridgehead atoms. The van der Waals surface area contributed by atoms with Gasteiger partial charge in [0, 0.05) is 17.1 Å². The van der Waals surface area contributed by atoms with Crippen LogP contribution in [0.5, 0.6) is 0 Å². The van der Waals surface area contributed by atoms with Crippen LogP contribution >= 0.6 is 11.6 Å². The van der Waals surface area contributed by atoms with Crippen molar-refractivity contribution in [3.63, 3.8) is 0 Å². The Kier molecular flexibility index (Phi) is 2.40. The summed E-state index contributed by atoms with van der Waals surface area (Å²) in [6.45, 7) is 0. The minimum Gasteiger partial charge on any atom is -0.261 e. The zero-order valence-electron chi connectivity index (χ0n) is 10.2. The lowest BCUT2D eigenvalue weighted by molar-refractivity contribution is 1.09. The maximum atomic E-state index is 5.99. The molecule has 0 saturated carbocycles. The molecule has 20 heavy (non-hydrogen) atoms. The second kappa shape index (κ2) is 4.25. The molecular formula is C14H8ClN5. The van der Waals surface area contributed by atoms with Crippen molar-refractivity contribution in [1.82, 2.24) is 25.1 Å². The highest BCUT2D eigenvalue weighted by Crippen LogP contribution is 2.30. The molecule has 0 radical (unpaired) electrons. The van der Waals surface area contributed by atoms with Crippen molar-refractivity contribution in [2.75, 3.05) is 0 Å². The zero-order chi connectivity index (χ0) is 13.5. The molecule has 1 N–H and O–H groups in total. The molecule has 0 aliphatic rings. The third-order valence-electron chi connectivity index (χ3n) is 3.17. The first-order valence-electron chi connectivity index (χ1n) is 6.04. The molecule has 0 unspecified atom stereocenters. The lowest BCUT2D eigenvalue weighted by Crippen LogP contribution is -1.92. The maximum absolute atomic E-state index is 5.99. The number of nitrogens with zero attached hydrogens (tertiary/aromatic N) is 4. The largest absolute Gasteiger partial charge is 0.261 e. The second-order valence-corrected chi connectivity index (χ2v) is 4.69. The van der Waals surface area contributed by atoms with Crippen molar-refractivity contribution in [1.29, 1.82) is 0 Å². The number of fused-ring (bicyclic) bond motifs is 2. The number of aromatic nitrogens is 5. The number of H-pyrrole nitrogens is 1. The van der Waals surface area contributed by atoms with E-state index in [9.17, 15) is 0 Å². The summed E-state index contributed by atoms with van der Waals surface area (Å²) in [6, 6.07) is 9.89. The summed E-state index contributed by atoms with van der Waals surface area (Å²) in [5.74, 6) is 0. The number of aromatic amines is 1. The minimum atomic E-state index is 0.185. The quantitative estimate of drug-likeness (QED) is 0.544. The van der Waals surface area contributed by atoms with E-state index >= 15 is 0 Å². The Bertz CT molecular complexity index is 926. The molecule has 0 amide bonds. The summed E-state index contributed by atoms with van der Waals surface area (Å²) < 4.78 is 0. The van der Waals surface area contributed by atoms with Crippen LogP contribution in [-0.2, 0) is 0 Å². The molecule has 5 nitrogen and oxygen atoms in total. The van der Waals surface area contributed by atoms with Crippen molar-refractivity contribution in [3.05, 3.63) is 48.0 Å². The highest BCUT2D eigenvalue weighted by Gasteiger charge is 2.13. The standard InChI is InChI=1S/C14H8ClN5/c15-14-18-12(10-7-17-20-13(10)19-14)9-5-1-3-8-4-2-6-16-11(8)9/h1-7H,(H,17,18,19,20). The van der Waals surface area contributed by atoms with Crippen LogP contribution in [0, 0.1) is 0 Å². The first kappa shape index (κ1) is 11.3. The van der Waals surface area contributed by atoms with Crippen molar-refractivity contribution in [3.8, 4) is 11.3 Å². The summed E-state index contributed by atoms with van der Waals surface area (Å²) in [5, 5.41) is 8.88. The number of rotatable bonds is 1. The van der Waals surface area contributed by atoms with Crippen LogP contribution in [0.15, 0.2) is 42.7 Å². The Balaban J connectivity index is 2.14. The Morgan fingerprint density at radius 2 is 1.95 bits per heavy atom. The van der Waals surface area contributed by atoms with Gasteiger partial charge in [-0.25, -0.2) is 4.98 Å². The predicted octanol–water partition coefficient (Wildman–Crippen LogP) is 3.22. The fourth-order valence-electron chi connectivity index (χ4n) is 2.31. The molecule has 96 valence electrons. The van der Waals surface area contributed by atoms with E-state index in [1.807, 2.05) is 30.3 Å². The van der Waals surface area contributed by atoms with Gasteiger partial charge in [-0.05, 0) is 17.7 Å². The average Bonchev–Trinajstić information content (AvgIpc) is 2.94. The van der Waals surface area contributed by atoms with E-state index in [0.717, 1.165) is 27.5 Å². The average molecular weight is 282 g/mol. The van der Waals surface area contributed by atoms with Gasteiger partial charge in [0.25, 0.3) is 0 Å². The van der Waals surface area contributed by atoms with Crippen molar-refractivity contribution >= 4 is 33.5 Å². The van der Waals surface area contributed by atoms with Gasteiger partial charge >= 0.3 is 0 Å². The van der Waals surface area contributed by atoms with E-state index in [0.29, 0.717) is 5.65 Å². The lowest BCUT2D eigenvalue weighted by Gasteiger charge is -2.06. The summed E-state index contributed by atoms with van der Waals surface area (Å²) in [4.78, 5) is 12.9. The number of pyridine rings is 1. The Morgan fingerprint density at radius 3 is 2.90 bits per heavy atom. The van der Waals surface area contributed by atoms with Crippen LogP contribution in [0.2, 0.25) is 5.28 Å². The SMILES string of the molecule is Clc1nc(-c2cccc3cccnc23)c2cn[nH]c2n1. The van der Waals surface area contributed by atoms with Crippen LogP contribution in [0.4, 0.5) is 0 Å². The van der Waals surface area contributed by atoms with Crippen LogP contribution < -0.4 is 0 Å². The van der Waals surface area contributed by atoms with Crippen LogP contribution in [0.25, 0.3) is 33.2 Å². The molecule has 0 aliphatic carbocycles. The molecule has 0 aliphatic heterocycles. The van der Waals surface area contributed by atoms with E-state index in [4.69, 9.17) is 11.6 Å². The van der Waals surface area contributed by atoms with Gasteiger partial charge in [-0.1, -0.05) is 24.3 Å². The molecule has 0 atom stereocenters. The van der Waals surface area contributed by atoms with Crippen LogP contribution in [0.1, 0.15) is 0 Å². The summed E-state index contributed by atoms with van der Waals surface area (Å²) in [7, 11) is 0. The lowest BCUT2D eigenvalue weighted by atomic mass is 10.1. The molecule has 0 spiro atoms. The Morgan fingerprint density at radius 1 is 1.05 bits per heavy atom. The van der Waals surface area contributed by atoms with Crippen molar-refractivity contribution in [2.45, 2.75) is 0 Å². The van der Waals surface area contributed by atoms with E-state index < -0.39 is 0 Å². The number of nitrogens with one attached hydrogen (secondary N) is 1. The first-order valence-corrected chi connectivity index (χ1v) is 6.41. The maximum Gasteiger partial charge on any atom is 0.224 e. The van der Waals surface area contributed by atoms with E-state index in [-0.39, 0.29) is 5.28 Å². The number of halogens is 1. The van der Waals surface area contributed by atoms with Gasteiger partial charge in [0.1, 0.15) is 0 Å². The van der Waals surface area contributed by atoms with Gasteiger partial charge < -0.3 is 0 Å². The van der Waals surface area contributed by atoms with Gasteiger partial charge in [-0.3, -0.25) is 10.1 Å². The summed E-state index contributed by atoms with van der Waals surface area (Å²) in [5.41, 5.74) is 3.15. The molecule has 4 rings (SSSR count). The Hall–Kier alpha value is -2.53. The monoisotopic (exact) mass is 281 g/mol. The molecule has 0 fully saturated rings. The normalized spacial score (nSPS) is 11.2. The van der Waals surface area contributed by atoms with Crippen molar-refractivity contribution < 1.29 is 0 Å². The highest BCUT2D eigenvalue weighted by molar-refractivity contribution is 6.28. The minimum absolute atomic E-state index is 0.185. The van der Waals surface area contributed by atoms with E-state index in [1.54, 1.807) is 12.4 Å². The smallest absolute Gasteiger partial charge is 0.224 e. The number of para-hydroxylation sites is 1. The topological polar surface area (TPSA) is 67.3 Å². The Labute approximate surface area is 118 Å². The summed E-state index contributed by atoms with van der Waals surface area (Å²) in [6.07, 6.45) is 3.46. The zero-order valence-corrected chi connectivity index (χ0v) is 11.0. The van der Waals surface area contributed by atoms with E-state index in [1.165, 1.54) is 0 Å². The molecule has 3 heterocycles. The van der Waals surface area contributed by atoms with Gasteiger partial charge in [0.2, 0.25) is 5.28 Å². The molecule has 3 aromatic heterocycles. The fourth-order valence-corrected chi connectivity index (χ4v) is 2.48. The van der Waals surface area contributed by atoms with Gasteiger partial charge in [0.05, 0.1) is 22.8 Å². The second-order valence-electron chi connectivity index (χ2n) is 4.35. The predicted molar refractivity (Wildman–Crippen MR) is 77.4 cm³/mol. The number of hydrogen-bond acceptors (Lipinski definition) is 4. The fraction of sp³-hybridized carbons (Fsp3) is 0. The molecule has 6 heteroatoms. The highest BCUT2D eigenvalue weighted by atomic mass is 35.5. The van der Waals surface area contributed by atoms with E-state index in [2.05, 4.69) is 25.1 Å². The van der Waals surface area contributed by atoms with Crippen LogP contribution in [-0.4, -0.2) is 25.1 Å². The first-order chi connectivity index (χ1) is 9.83. The molecule has 1 aromatic carbocycles. The van der Waals surface area contributed by atoms with Gasteiger partial charge in [-0.2, -0.15) is 10.1 Å².